The van der Waals surface area contributed by atoms with Crippen molar-refractivity contribution < 1.29 is 17.9 Å². The lowest BCUT2D eigenvalue weighted by Gasteiger charge is -2.17. The van der Waals surface area contributed by atoms with E-state index in [0.717, 1.165) is 16.9 Å². The number of alkyl halides is 3. The topological polar surface area (TPSA) is 45.7 Å². The molecule has 0 aliphatic carbocycles. The van der Waals surface area contributed by atoms with Crippen LogP contribution in [0.2, 0.25) is 0 Å². The van der Waals surface area contributed by atoms with E-state index in [4.69, 9.17) is 4.74 Å². The Labute approximate surface area is 147 Å². The summed E-state index contributed by atoms with van der Waals surface area (Å²) in [5.74, 6) is 1.38. The van der Waals surface area contributed by atoms with Gasteiger partial charge in [-0.2, -0.15) is 13.2 Å². The number of aryl methyl sites for hydroxylation is 1. The molecule has 0 aliphatic heterocycles. The van der Waals surface area contributed by atoms with Crippen molar-refractivity contribution in [2.75, 3.05) is 13.6 Å². The van der Waals surface area contributed by atoms with Gasteiger partial charge in [-0.15, -0.1) is 0 Å². The summed E-state index contributed by atoms with van der Waals surface area (Å²) in [7, 11) is 1.63. The molecule has 7 heteroatoms. The SMILES string of the molecule is CN=C(NCCCCC(F)(F)F)NCc1ccc(C)cc1OC(C)C. The molecule has 25 heavy (non-hydrogen) atoms. The van der Waals surface area contributed by atoms with E-state index >= 15 is 0 Å². The third-order valence-corrected chi connectivity index (χ3v) is 3.43. The molecule has 0 bridgehead atoms. The highest BCUT2D eigenvalue weighted by molar-refractivity contribution is 5.79. The highest BCUT2D eigenvalue weighted by Gasteiger charge is 2.25. The quantitative estimate of drug-likeness (QED) is 0.416. The fourth-order valence-corrected chi connectivity index (χ4v) is 2.23. The van der Waals surface area contributed by atoms with Crippen LogP contribution < -0.4 is 15.4 Å². The summed E-state index contributed by atoms with van der Waals surface area (Å²) < 4.78 is 42.1. The maximum absolute atomic E-state index is 12.1. The van der Waals surface area contributed by atoms with Crippen molar-refractivity contribution in [2.45, 2.75) is 58.9 Å². The number of nitrogens with one attached hydrogen (secondary N) is 2. The van der Waals surface area contributed by atoms with Crippen LogP contribution in [0.25, 0.3) is 0 Å². The molecule has 0 amide bonds. The van der Waals surface area contributed by atoms with E-state index in [1.54, 1.807) is 7.05 Å². The minimum absolute atomic E-state index is 0.0756. The van der Waals surface area contributed by atoms with Crippen molar-refractivity contribution in [2.24, 2.45) is 4.99 Å². The molecule has 4 nitrogen and oxygen atoms in total. The van der Waals surface area contributed by atoms with Gasteiger partial charge in [0.05, 0.1) is 6.10 Å². The van der Waals surface area contributed by atoms with Crippen LogP contribution >= 0.6 is 0 Å². The number of hydrogen-bond donors (Lipinski definition) is 2. The Kier molecular flexibility index (Phi) is 8.58. The van der Waals surface area contributed by atoms with Crippen molar-refractivity contribution in [3.63, 3.8) is 0 Å². The second kappa shape index (κ2) is 10.2. The molecule has 2 N–H and O–H groups in total. The number of rotatable bonds is 8. The number of unbranched alkanes of at least 4 members (excludes halogenated alkanes) is 1. The monoisotopic (exact) mass is 359 g/mol. The lowest BCUT2D eigenvalue weighted by molar-refractivity contribution is -0.135. The molecule has 142 valence electrons. The van der Waals surface area contributed by atoms with E-state index < -0.39 is 12.6 Å². The van der Waals surface area contributed by atoms with Gasteiger partial charge in [0.15, 0.2) is 5.96 Å². The second-order valence-electron chi connectivity index (χ2n) is 6.20. The van der Waals surface area contributed by atoms with Crippen molar-refractivity contribution in [3.05, 3.63) is 29.3 Å². The molecular weight excluding hydrogens is 331 g/mol. The normalized spacial score (nSPS) is 12.4. The van der Waals surface area contributed by atoms with Gasteiger partial charge in [0.1, 0.15) is 5.75 Å². The molecule has 0 radical (unpaired) electrons. The number of guanidine groups is 1. The number of halogens is 3. The lowest BCUT2D eigenvalue weighted by atomic mass is 10.1. The third kappa shape index (κ3) is 9.22. The summed E-state index contributed by atoms with van der Waals surface area (Å²) in [4.78, 5) is 4.09. The molecule has 0 fully saturated rings. The van der Waals surface area contributed by atoms with Crippen molar-refractivity contribution >= 4 is 5.96 Å². The van der Waals surface area contributed by atoms with Gasteiger partial charge in [-0.25, -0.2) is 0 Å². The standard InChI is InChI=1S/C18H28F3N3O/c1-13(2)25-16-11-14(3)7-8-15(16)12-24-17(22-4)23-10-6-5-9-18(19,20)21/h7-8,11,13H,5-6,9-10,12H2,1-4H3,(H2,22,23,24). The first-order valence-electron chi connectivity index (χ1n) is 8.48. The predicted octanol–water partition coefficient (Wildman–Crippen LogP) is 4.18. The molecule has 0 unspecified atom stereocenters. The average Bonchev–Trinajstić information content (AvgIpc) is 2.50. The predicted molar refractivity (Wildman–Crippen MR) is 95.1 cm³/mol. The molecule has 0 spiro atoms. The van der Waals surface area contributed by atoms with Gasteiger partial charge in [0, 0.05) is 32.1 Å². The summed E-state index contributed by atoms with van der Waals surface area (Å²) in [6.45, 7) is 6.91. The largest absolute Gasteiger partial charge is 0.491 e. The number of hydrogen-bond acceptors (Lipinski definition) is 2. The maximum atomic E-state index is 12.1. The average molecular weight is 359 g/mol. The molecular formula is C18H28F3N3O. The summed E-state index contributed by atoms with van der Waals surface area (Å²) in [5.41, 5.74) is 2.12. The molecule has 1 rings (SSSR count). The number of ether oxygens (including phenoxy) is 1. The summed E-state index contributed by atoms with van der Waals surface area (Å²) >= 11 is 0. The van der Waals surface area contributed by atoms with E-state index in [-0.39, 0.29) is 12.5 Å². The highest BCUT2D eigenvalue weighted by atomic mass is 19.4. The van der Waals surface area contributed by atoms with E-state index in [9.17, 15) is 13.2 Å². The number of aliphatic imine (C=N–C) groups is 1. The van der Waals surface area contributed by atoms with E-state index in [1.165, 1.54) is 0 Å². The smallest absolute Gasteiger partial charge is 0.389 e. The Hall–Kier alpha value is -1.92. The van der Waals surface area contributed by atoms with Gasteiger partial charge in [-0.1, -0.05) is 12.1 Å². The molecule has 0 aromatic heterocycles. The molecule has 1 aromatic carbocycles. The van der Waals surface area contributed by atoms with E-state index in [2.05, 4.69) is 15.6 Å². The van der Waals surface area contributed by atoms with Crippen LogP contribution in [0, 0.1) is 6.92 Å². The van der Waals surface area contributed by atoms with Crippen LogP contribution in [0.5, 0.6) is 5.75 Å². The number of nitrogens with zero attached hydrogens (tertiary/aromatic N) is 1. The zero-order valence-electron chi connectivity index (χ0n) is 15.3. The first-order chi connectivity index (χ1) is 11.7. The summed E-state index contributed by atoms with van der Waals surface area (Å²) in [6.07, 6.45) is -4.21. The van der Waals surface area contributed by atoms with Crippen LogP contribution in [-0.2, 0) is 6.54 Å². The second-order valence-corrected chi connectivity index (χ2v) is 6.20. The molecule has 0 saturated heterocycles. The lowest BCUT2D eigenvalue weighted by Crippen LogP contribution is -2.37. The van der Waals surface area contributed by atoms with Gasteiger partial charge in [0.2, 0.25) is 0 Å². The molecule has 1 aromatic rings. The Morgan fingerprint density at radius 2 is 1.92 bits per heavy atom. The Morgan fingerprint density at radius 1 is 1.20 bits per heavy atom. The Balaban J connectivity index is 2.47. The first kappa shape index (κ1) is 21.1. The van der Waals surface area contributed by atoms with Crippen LogP contribution in [-0.4, -0.2) is 31.8 Å². The number of benzene rings is 1. The van der Waals surface area contributed by atoms with Crippen LogP contribution in [0.15, 0.2) is 23.2 Å². The molecule has 0 atom stereocenters. The summed E-state index contributed by atoms with van der Waals surface area (Å²) in [6, 6.07) is 6.00. The van der Waals surface area contributed by atoms with E-state index in [0.29, 0.717) is 25.5 Å². The summed E-state index contributed by atoms with van der Waals surface area (Å²) in [5, 5.41) is 6.19. The van der Waals surface area contributed by atoms with Crippen LogP contribution in [0.1, 0.15) is 44.2 Å². The zero-order valence-corrected chi connectivity index (χ0v) is 15.3. The van der Waals surface area contributed by atoms with Crippen LogP contribution in [0.3, 0.4) is 0 Å². The Bertz CT molecular complexity index is 557. The third-order valence-electron chi connectivity index (χ3n) is 3.43. The van der Waals surface area contributed by atoms with Crippen molar-refractivity contribution in [1.82, 2.24) is 10.6 Å². The van der Waals surface area contributed by atoms with Gasteiger partial charge in [-0.3, -0.25) is 4.99 Å². The van der Waals surface area contributed by atoms with Gasteiger partial charge in [-0.05, 0) is 45.2 Å². The molecule has 0 saturated carbocycles. The fraction of sp³-hybridized carbons (Fsp3) is 0.611. The Morgan fingerprint density at radius 3 is 2.52 bits per heavy atom. The van der Waals surface area contributed by atoms with Gasteiger partial charge >= 0.3 is 6.18 Å². The van der Waals surface area contributed by atoms with Gasteiger partial charge in [0.25, 0.3) is 0 Å². The minimum Gasteiger partial charge on any atom is -0.491 e. The van der Waals surface area contributed by atoms with Crippen molar-refractivity contribution in [1.29, 1.82) is 0 Å². The van der Waals surface area contributed by atoms with Gasteiger partial charge < -0.3 is 15.4 Å². The minimum atomic E-state index is -4.09. The zero-order chi connectivity index (χ0) is 18.9. The fourth-order valence-electron chi connectivity index (χ4n) is 2.23. The van der Waals surface area contributed by atoms with E-state index in [1.807, 2.05) is 39.0 Å². The maximum Gasteiger partial charge on any atom is 0.389 e. The van der Waals surface area contributed by atoms with Crippen molar-refractivity contribution in [3.8, 4) is 5.75 Å². The van der Waals surface area contributed by atoms with Crippen LogP contribution in [0.4, 0.5) is 13.2 Å². The highest BCUT2D eigenvalue weighted by Crippen LogP contribution is 2.22. The molecule has 0 aliphatic rings. The first-order valence-corrected chi connectivity index (χ1v) is 8.48. The molecule has 0 heterocycles.